The molecule has 0 saturated heterocycles. The van der Waals surface area contributed by atoms with Crippen molar-refractivity contribution in [2.75, 3.05) is 19.8 Å². The van der Waals surface area contributed by atoms with Crippen LogP contribution in [-0.4, -0.2) is 50.1 Å². The maximum atomic E-state index is 11.1. The highest BCUT2D eigenvalue weighted by Gasteiger charge is 2.22. The first-order valence-electron chi connectivity index (χ1n) is 12.8. The largest absolute Gasteiger partial charge is 0.507 e. The lowest BCUT2D eigenvalue weighted by Crippen LogP contribution is -2.03. The fraction of sp³-hybridized carbons (Fsp3) is 0.300. The van der Waals surface area contributed by atoms with Gasteiger partial charge < -0.3 is 29.5 Å². The molecule has 3 aromatic carbocycles. The van der Waals surface area contributed by atoms with Crippen molar-refractivity contribution in [3.05, 3.63) is 53.1 Å². The molecule has 0 aliphatic heterocycles. The summed E-state index contributed by atoms with van der Waals surface area (Å²) in [5.41, 5.74) is 2.67. The fourth-order valence-corrected chi connectivity index (χ4v) is 4.26. The van der Waals surface area contributed by atoms with Crippen LogP contribution in [0.5, 0.6) is 34.5 Å². The van der Waals surface area contributed by atoms with Gasteiger partial charge in [0.15, 0.2) is 17.5 Å². The summed E-state index contributed by atoms with van der Waals surface area (Å²) >= 11 is 0. The van der Waals surface area contributed by atoms with E-state index in [1.807, 2.05) is 20.8 Å². The first kappa shape index (κ1) is 27.5. The average molecular weight is 532 g/mol. The Morgan fingerprint density at radius 3 is 0.974 bits per heavy atom. The maximum absolute atomic E-state index is 11.1. The predicted molar refractivity (Wildman–Crippen MR) is 149 cm³/mol. The number of benzene rings is 3. The fourth-order valence-electron chi connectivity index (χ4n) is 4.26. The van der Waals surface area contributed by atoms with Gasteiger partial charge >= 0.3 is 0 Å². The van der Waals surface area contributed by atoms with Crippen LogP contribution in [0.25, 0.3) is 34.2 Å². The smallest absolute Gasteiger partial charge is 0.167 e. The zero-order valence-corrected chi connectivity index (χ0v) is 23.0. The normalized spacial score (nSPS) is 10.9. The van der Waals surface area contributed by atoms with E-state index < -0.39 is 0 Å². The standard InChI is InChI=1S/C30H33N3O6/c1-7-37-22-13-10-19(25(34)16(22)4)28-31-29(20-11-14-23(38-8-2)17(5)26(20)35)33-30(32-28)21-12-15-24(39-9-3)18(6)27(21)36/h10-15,34-36H,7-9H2,1-6H3. The molecule has 4 rings (SSSR count). The summed E-state index contributed by atoms with van der Waals surface area (Å²) in [5.74, 6) is 2.02. The molecule has 0 aliphatic carbocycles. The van der Waals surface area contributed by atoms with E-state index in [9.17, 15) is 15.3 Å². The van der Waals surface area contributed by atoms with E-state index in [-0.39, 0.29) is 34.7 Å². The molecular formula is C30H33N3O6. The van der Waals surface area contributed by atoms with E-state index in [2.05, 4.69) is 15.0 Å². The Morgan fingerprint density at radius 1 is 0.487 bits per heavy atom. The van der Waals surface area contributed by atoms with Crippen molar-refractivity contribution in [3.8, 4) is 68.7 Å². The molecule has 0 aliphatic rings. The number of ether oxygens (including phenoxy) is 3. The first-order chi connectivity index (χ1) is 18.7. The van der Waals surface area contributed by atoms with E-state index in [4.69, 9.17) is 14.2 Å². The molecule has 4 aromatic rings. The number of aromatic nitrogens is 3. The van der Waals surface area contributed by atoms with Crippen molar-refractivity contribution < 1.29 is 29.5 Å². The highest BCUT2D eigenvalue weighted by atomic mass is 16.5. The van der Waals surface area contributed by atoms with Gasteiger partial charge in [-0.05, 0) is 77.9 Å². The van der Waals surface area contributed by atoms with Crippen LogP contribution in [0.15, 0.2) is 36.4 Å². The molecule has 3 N–H and O–H groups in total. The molecule has 9 heteroatoms. The third kappa shape index (κ3) is 5.25. The number of phenols is 3. The summed E-state index contributed by atoms with van der Waals surface area (Å²) in [6.45, 7) is 12.2. The Balaban J connectivity index is 1.97. The van der Waals surface area contributed by atoms with Crippen molar-refractivity contribution in [3.63, 3.8) is 0 Å². The third-order valence-corrected chi connectivity index (χ3v) is 6.40. The summed E-state index contributed by atoms with van der Waals surface area (Å²) in [5, 5.41) is 33.2. The second-order valence-corrected chi connectivity index (χ2v) is 8.86. The molecule has 1 heterocycles. The molecule has 204 valence electrons. The second-order valence-electron chi connectivity index (χ2n) is 8.86. The van der Waals surface area contributed by atoms with Crippen LogP contribution >= 0.6 is 0 Å². The van der Waals surface area contributed by atoms with Gasteiger partial charge in [0.05, 0.1) is 36.5 Å². The number of nitrogens with zero attached hydrogens (tertiary/aromatic N) is 3. The molecule has 0 fully saturated rings. The minimum absolute atomic E-state index is 0.0387. The zero-order valence-electron chi connectivity index (χ0n) is 23.0. The van der Waals surface area contributed by atoms with Gasteiger partial charge in [-0.1, -0.05) is 0 Å². The van der Waals surface area contributed by atoms with E-state index in [0.29, 0.717) is 70.4 Å². The van der Waals surface area contributed by atoms with Crippen molar-refractivity contribution in [1.29, 1.82) is 0 Å². The third-order valence-electron chi connectivity index (χ3n) is 6.40. The second kappa shape index (κ2) is 11.5. The van der Waals surface area contributed by atoms with Crippen molar-refractivity contribution >= 4 is 0 Å². The summed E-state index contributed by atoms with van der Waals surface area (Å²) in [6, 6.07) is 10.2. The minimum Gasteiger partial charge on any atom is -0.507 e. The van der Waals surface area contributed by atoms with Gasteiger partial charge in [-0.2, -0.15) is 0 Å². The molecule has 39 heavy (non-hydrogen) atoms. The zero-order chi connectivity index (χ0) is 28.3. The van der Waals surface area contributed by atoms with Gasteiger partial charge in [0.25, 0.3) is 0 Å². The number of aromatic hydroxyl groups is 3. The van der Waals surface area contributed by atoms with Gasteiger partial charge in [-0.15, -0.1) is 0 Å². The van der Waals surface area contributed by atoms with Gasteiger partial charge in [0, 0.05) is 16.7 Å². The lowest BCUT2D eigenvalue weighted by molar-refractivity contribution is 0.334. The van der Waals surface area contributed by atoms with Crippen LogP contribution in [0, 0.1) is 20.8 Å². The quantitative estimate of drug-likeness (QED) is 0.234. The topological polar surface area (TPSA) is 127 Å². The average Bonchev–Trinajstić information content (AvgIpc) is 2.92. The summed E-state index contributed by atoms with van der Waals surface area (Å²) in [7, 11) is 0. The Bertz CT molecular complexity index is 1330. The highest BCUT2D eigenvalue weighted by molar-refractivity contribution is 5.77. The monoisotopic (exact) mass is 531 g/mol. The maximum Gasteiger partial charge on any atom is 0.167 e. The molecule has 0 bridgehead atoms. The molecule has 0 unspecified atom stereocenters. The Hall–Kier alpha value is -4.53. The molecule has 0 radical (unpaired) electrons. The highest BCUT2D eigenvalue weighted by Crippen LogP contribution is 2.41. The first-order valence-corrected chi connectivity index (χ1v) is 12.8. The number of rotatable bonds is 9. The predicted octanol–water partition coefficient (Wildman–Crippen LogP) is 6.11. The molecule has 1 aromatic heterocycles. The van der Waals surface area contributed by atoms with Crippen LogP contribution in [0.3, 0.4) is 0 Å². The summed E-state index contributed by atoms with van der Waals surface area (Å²) < 4.78 is 16.8. The van der Waals surface area contributed by atoms with E-state index >= 15 is 0 Å². The van der Waals surface area contributed by atoms with E-state index in [1.54, 1.807) is 57.2 Å². The SMILES string of the molecule is CCOc1ccc(-c2nc(-c3ccc(OCC)c(C)c3O)nc(-c3ccc(OCC)c(C)c3O)n2)c(O)c1C. The van der Waals surface area contributed by atoms with Crippen LogP contribution < -0.4 is 14.2 Å². The van der Waals surface area contributed by atoms with Crippen LogP contribution in [0.1, 0.15) is 37.5 Å². The number of hydrogen-bond acceptors (Lipinski definition) is 9. The van der Waals surface area contributed by atoms with Gasteiger partial charge in [0.1, 0.15) is 34.5 Å². The van der Waals surface area contributed by atoms with Gasteiger partial charge in [0.2, 0.25) is 0 Å². The molecular weight excluding hydrogens is 498 g/mol. The molecule has 0 saturated carbocycles. The van der Waals surface area contributed by atoms with E-state index in [1.165, 1.54) is 0 Å². The number of phenolic OH excluding ortho intramolecular Hbond substituents is 3. The number of hydrogen-bond donors (Lipinski definition) is 3. The van der Waals surface area contributed by atoms with Crippen LogP contribution in [0.4, 0.5) is 0 Å². The lowest BCUT2D eigenvalue weighted by Gasteiger charge is -2.16. The Labute approximate surface area is 227 Å². The van der Waals surface area contributed by atoms with E-state index in [0.717, 1.165) is 0 Å². The van der Waals surface area contributed by atoms with Gasteiger partial charge in [-0.3, -0.25) is 0 Å². The minimum atomic E-state index is -0.0387. The van der Waals surface area contributed by atoms with Gasteiger partial charge in [-0.25, -0.2) is 15.0 Å². The Kier molecular flexibility index (Phi) is 8.09. The summed E-state index contributed by atoms with van der Waals surface area (Å²) in [4.78, 5) is 13.9. The van der Waals surface area contributed by atoms with Crippen molar-refractivity contribution in [2.45, 2.75) is 41.5 Å². The van der Waals surface area contributed by atoms with Crippen molar-refractivity contribution in [2.24, 2.45) is 0 Å². The molecule has 9 nitrogen and oxygen atoms in total. The summed E-state index contributed by atoms with van der Waals surface area (Å²) in [6.07, 6.45) is 0. The Morgan fingerprint density at radius 2 is 0.744 bits per heavy atom. The molecule has 0 amide bonds. The van der Waals surface area contributed by atoms with Crippen molar-refractivity contribution in [1.82, 2.24) is 15.0 Å². The lowest BCUT2D eigenvalue weighted by atomic mass is 10.1. The van der Waals surface area contributed by atoms with Crippen LogP contribution in [0.2, 0.25) is 0 Å². The molecule has 0 atom stereocenters. The van der Waals surface area contributed by atoms with Crippen LogP contribution in [-0.2, 0) is 0 Å². The molecule has 0 spiro atoms.